The van der Waals surface area contributed by atoms with Crippen LogP contribution in [0, 0.1) is 0 Å². The molecule has 4 aromatic carbocycles. The van der Waals surface area contributed by atoms with Gasteiger partial charge < -0.3 is 20.1 Å². The maximum absolute atomic E-state index is 12.8. The van der Waals surface area contributed by atoms with Crippen molar-refractivity contribution < 1.29 is 19.1 Å². The van der Waals surface area contributed by atoms with Crippen LogP contribution in [0.25, 0.3) is 10.8 Å². The number of nitrogens with one attached hydrogen (secondary N) is 2. The van der Waals surface area contributed by atoms with E-state index < -0.39 is 0 Å². The van der Waals surface area contributed by atoms with Gasteiger partial charge in [-0.1, -0.05) is 24.3 Å². The summed E-state index contributed by atoms with van der Waals surface area (Å²) >= 11 is 0. The summed E-state index contributed by atoms with van der Waals surface area (Å²) in [6, 6.07) is 25.1. The summed E-state index contributed by atoms with van der Waals surface area (Å²) in [5, 5.41) is 7.72. The fourth-order valence-electron chi connectivity index (χ4n) is 3.32. The average Bonchev–Trinajstić information content (AvgIpc) is 2.84. The minimum absolute atomic E-state index is 0.289. The first-order valence-corrected chi connectivity index (χ1v) is 10.0. The number of hydrogen-bond donors (Lipinski definition) is 2. The van der Waals surface area contributed by atoms with Crippen molar-refractivity contribution in [3.05, 3.63) is 96.1 Å². The van der Waals surface area contributed by atoms with Crippen LogP contribution in [0.1, 0.15) is 20.7 Å². The fraction of sp³-hybridized carbons (Fsp3) is 0.0769. The van der Waals surface area contributed by atoms with E-state index in [1.807, 2.05) is 36.4 Å². The van der Waals surface area contributed by atoms with Crippen LogP contribution in [0.4, 0.5) is 11.4 Å². The molecule has 0 aliphatic rings. The Morgan fingerprint density at radius 2 is 0.969 bits per heavy atom. The first-order valence-electron chi connectivity index (χ1n) is 10.0. The number of carbonyl (C=O) groups excluding carboxylic acids is 2. The number of anilines is 2. The Labute approximate surface area is 185 Å². The van der Waals surface area contributed by atoms with E-state index in [1.165, 1.54) is 0 Å². The molecule has 6 heteroatoms. The molecule has 0 aromatic heterocycles. The third-order valence-electron chi connectivity index (χ3n) is 5.09. The van der Waals surface area contributed by atoms with Crippen LogP contribution < -0.4 is 20.1 Å². The molecule has 0 aliphatic heterocycles. The Morgan fingerprint density at radius 1 is 0.594 bits per heavy atom. The second kappa shape index (κ2) is 9.22. The van der Waals surface area contributed by atoms with E-state index in [4.69, 9.17) is 9.47 Å². The monoisotopic (exact) mass is 426 g/mol. The lowest BCUT2D eigenvalue weighted by molar-refractivity contribution is 0.101. The number of fused-ring (bicyclic) bond motifs is 1. The smallest absolute Gasteiger partial charge is 0.255 e. The topological polar surface area (TPSA) is 76.7 Å². The molecular formula is C26H22N2O4. The van der Waals surface area contributed by atoms with Gasteiger partial charge in [0.25, 0.3) is 11.8 Å². The van der Waals surface area contributed by atoms with Gasteiger partial charge in [-0.05, 0) is 71.4 Å². The maximum Gasteiger partial charge on any atom is 0.255 e. The number of ether oxygens (including phenoxy) is 2. The number of hydrogen-bond acceptors (Lipinski definition) is 4. The highest BCUT2D eigenvalue weighted by Crippen LogP contribution is 2.30. The standard InChI is InChI=1S/C26H22N2O4/c1-31-21-11-7-17(8-12-21)25(29)27-23-15-19-5-3-4-6-20(19)16-24(23)28-26(30)18-9-13-22(32-2)14-10-18/h3-16H,1-2H3,(H,27,29)(H,28,30). The number of benzene rings is 4. The van der Waals surface area contributed by atoms with Crippen LogP contribution in [-0.2, 0) is 0 Å². The first kappa shape index (κ1) is 20.9. The van der Waals surface area contributed by atoms with Crippen molar-refractivity contribution in [3.63, 3.8) is 0 Å². The van der Waals surface area contributed by atoms with Crippen molar-refractivity contribution in [1.29, 1.82) is 0 Å². The zero-order chi connectivity index (χ0) is 22.5. The van der Waals surface area contributed by atoms with Gasteiger partial charge in [-0.2, -0.15) is 0 Å². The molecule has 0 heterocycles. The molecule has 4 aromatic rings. The average molecular weight is 426 g/mol. The zero-order valence-electron chi connectivity index (χ0n) is 17.7. The van der Waals surface area contributed by atoms with Gasteiger partial charge in [-0.15, -0.1) is 0 Å². The highest BCUT2D eigenvalue weighted by Gasteiger charge is 2.14. The van der Waals surface area contributed by atoms with Crippen LogP contribution in [0.3, 0.4) is 0 Å². The zero-order valence-corrected chi connectivity index (χ0v) is 17.7. The van der Waals surface area contributed by atoms with Crippen LogP contribution in [0.2, 0.25) is 0 Å². The molecule has 4 rings (SSSR count). The van der Waals surface area contributed by atoms with Gasteiger partial charge in [-0.3, -0.25) is 9.59 Å². The van der Waals surface area contributed by atoms with E-state index in [1.54, 1.807) is 62.8 Å². The van der Waals surface area contributed by atoms with Crippen LogP contribution in [-0.4, -0.2) is 26.0 Å². The summed E-state index contributed by atoms with van der Waals surface area (Å²) in [5.41, 5.74) is 1.97. The molecule has 0 bridgehead atoms. The number of rotatable bonds is 6. The maximum atomic E-state index is 12.8. The highest BCUT2D eigenvalue weighted by molar-refractivity contribution is 6.12. The van der Waals surface area contributed by atoms with Crippen LogP contribution >= 0.6 is 0 Å². The van der Waals surface area contributed by atoms with Crippen molar-refractivity contribution in [3.8, 4) is 11.5 Å². The molecule has 0 spiro atoms. The molecule has 2 N–H and O–H groups in total. The lowest BCUT2D eigenvalue weighted by Gasteiger charge is -2.15. The summed E-state index contributed by atoms with van der Waals surface area (Å²) in [7, 11) is 3.14. The lowest BCUT2D eigenvalue weighted by Crippen LogP contribution is -2.17. The quantitative estimate of drug-likeness (QED) is 0.435. The summed E-state index contributed by atoms with van der Waals surface area (Å²) in [4.78, 5) is 25.7. The van der Waals surface area contributed by atoms with Gasteiger partial charge in [0.05, 0.1) is 25.6 Å². The molecule has 160 valence electrons. The first-order chi connectivity index (χ1) is 15.6. The molecule has 0 fully saturated rings. The summed E-state index contributed by atoms with van der Waals surface area (Å²) in [5.74, 6) is 0.755. The van der Waals surface area contributed by atoms with Gasteiger partial charge in [0, 0.05) is 11.1 Å². The number of carbonyl (C=O) groups is 2. The van der Waals surface area contributed by atoms with E-state index in [0.29, 0.717) is 34.0 Å². The second-order valence-corrected chi connectivity index (χ2v) is 7.11. The molecule has 32 heavy (non-hydrogen) atoms. The molecule has 0 radical (unpaired) electrons. The predicted molar refractivity (Wildman–Crippen MR) is 126 cm³/mol. The summed E-state index contributed by atoms with van der Waals surface area (Å²) in [6.07, 6.45) is 0. The summed E-state index contributed by atoms with van der Waals surface area (Å²) in [6.45, 7) is 0. The molecule has 0 atom stereocenters. The third kappa shape index (κ3) is 4.54. The van der Waals surface area contributed by atoms with Gasteiger partial charge in [0.15, 0.2) is 0 Å². The van der Waals surface area contributed by atoms with Crippen molar-refractivity contribution in [2.45, 2.75) is 0 Å². The van der Waals surface area contributed by atoms with E-state index >= 15 is 0 Å². The van der Waals surface area contributed by atoms with Gasteiger partial charge >= 0.3 is 0 Å². The Balaban J connectivity index is 1.64. The molecule has 0 saturated heterocycles. The van der Waals surface area contributed by atoms with Crippen molar-refractivity contribution >= 4 is 34.0 Å². The Morgan fingerprint density at radius 3 is 1.31 bits per heavy atom. The van der Waals surface area contributed by atoms with Gasteiger partial charge in [0.1, 0.15) is 11.5 Å². The normalized spacial score (nSPS) is 10.4. The van der Waals surface area contributed by atoms with Crippen LogP contribution in [0.5, 0.6) is 11.5 Å². The Bertz CT molecular complexity index is 1170. The second-order valence-electron chi connectivity index (χ2n) is 7.11. The number of methoxy groups -OCH3 is 2. The lowest BCUT2D eigenvalue weighted by atomic mass is 10.1. The summed E-state index contributed by atoms with van der Waals surface area (Å²) < 4.78 is 10.3. The van der Waals surface area contributed by atoms with Crippen LogP contribution in [0.15, 0.2) is 84.9 Å². The van der Waals surface area contributed by atoms with E-state index in [2.05, 4.69) is 10.6 Å². The molecule has 0 unspecified atom stereocenters. The van der Waals surface area contributed by atoms with E-state index in [-0.39, 0.29) is 11.8 Å². The van der Waals surface area contributed by atoms with Gasteiger partial charge in [-0.25, -0.2) is 0 Å². The Hall–Kier alpha value is -4.32. The molecule has 0 aliphatic carbocycles. The minimum atomic E-state index is -0.289. The van der Waals surface area contributed by atoms with Gasteiger partial charge in [0.2, 0.25) is 0 Å². The van der Waals surface area contributed by atoms with Crippen molar-refractivity contribution in [2.24, 2.45) is 0 Å². The predicted octanol–water partition coefficient (Wildman–Crippen LogP) is 5.36. The third-order valence-corrected chi connectivity index (χ3v) is 5.09. The molecule has 2 amide bonds. The SMILES string of the molecule is COc1ccc(C(=O)Nc2cc3ccccc3cc2NC(=O)c2ccc(OC)cc2)cc1. The van der Waals surface area contributed by atoms with Crippen molar-refractivity contribution in [2.75, 3.05) is 24.9 Å². The largest absolute Gasteiger partial charge is 0.497 e. The van der Waals surface area contributed by atoms with Crippen molar-refractivity contribution in [1.82, 2.24) is 0 Å². The van der Waals surface area contributed by atoms with E-state index in [9.17, 15) is 9.59 Å². The fourth-order valence-corrected chi connectivity index (χ4v) is 3.32. The molecule has 6 nitrogen and oxygen atoms in total. The molecular weight excluding hydrogens is 404 g/mol. The Kier molecular flexibility index (Phi) is 6.03. The highest BCUT2D eigenvalue weighted by atomic mass is 16.5. The molecule has 0 saturated carbocycles. The van der Waals surface area contributed by atoms with E-state index in [0.717, 1.165) is 10.8 Å². The number of amides is 2. The minimum Gasteiger partial charge on any atom is -0.497 e.